The van der Waals surface area contributed by atoms with Gasteiger partial charge in [-0.05, 0) is 43.9 Å². The van der Waals surface area contributed by atoms with Crippen LogP contribution in [0.1, 0.15) is 72.6 Å². The highest BCUT2D eigenvalue weighted by molar-refractivity contribution is 7.80. The van der Waals surface area contributed by atoms with Crippen molar-refractivity contribution in [1.29, 1.82) is 0 Å². The van der Waals surface area contributed by atoms with Gasteiger partial charge in [-0.1, -0.05) is 34.1 Å². The summed E-state index contributed by atoms with van der Waals surface area (Å²) in [7, 11) is 0. The number of guanidine groups is 2. The molecule has 0 radical (unpaired) electrons. The first-order chi connectivity index (χ1) is 24.4. The second kappa shape index (κ2) is 25.3. The number of thiol groups is 1. The zero-order chi connectivity index (χ0) is 40.0. The lowest BCUT2D eigenvalue weighted by molar-refractivity contribution is -0.140. The number of nitrogens with one attached hydrogen (secondary N) is 5. The highest BCUT2D eigenvalue weighted by Crippen LogP contribution is 2.13. The van der Waals surface area contributed by atoms with E-state index in [1.807, 2.05) is 13.8 Å². The fraction of sp³-hybridized carbons (Fsp3) is 0.710. The van der Waals surface area contributed by atoms with Crippen LogP contribution in [0.3, 0.4) is 0 Å². The van der Waals surface area contributed by atoms with Gasteiger partial charge in [0.25, 0.3) is 0 Å². The molecule has 0 aliphatic heterocycles. The van der Waals surface area contributed by atoms with Crippen LogP contribution in [0.15, 0.2) is 9.98 Å². The molecule has 0 saturated carbocycles. The molecular formula is C31H58N12O8S. The number of hydrogen-bond acceptors (Lipinski definition) is 11. The maximum atomic E-state index is 13.8. The number of aliphatic imine (C=N–C) groups is 2. The quantitative estimate of drug-likeness (QED) is 0.0134. The monoisotopic (exact) mass is 758 g/mol. The first kappa shape index (κ1) is 47.3. The molecule has 0 aromatic rings. The van der Waals surface area contributed by atoms with Crippen LogP contribution >= 0.6 is 12.6 Å². The number of rotatable bonds is 26. The number of nitrogens with zero attached hydrogens (tertiary/aromatic N) is 2. The van der Waals surface area contributed by atoms with Gasteiger partial charge in [-0.15, -0.1) is 0 Å². The fourth-order valence-corrected chi connectivity index (χ4v) is 4.88. The summed E-state index contributed by atoms with van der Waals surface area (Å²) in [6.07, 6.45) is 1.01. The Labute approximate surface area is 309 Å². The number of nitrogens with two attached hydrogens (primary N) is 5. The minimum absolute atomic E-state index is 0.00614. The Hall–Kier alpha value is -4.66. The highest BCUT2D eigenvalue weighted by atomic mass is 32.1. The van der Waals surface area contributed by atoms with Gasteiger partial charge in [0, 0.05) is 18.8 Å². The van der Waals surface area contributed by atoms with Gasteiger partial charge in [0.05, 0.1) is 18.5 Å². The van der Waals surface area contributed by atoms with Crippen LogP contribution in [0.5, 0.6) is 0 Å². The van der Waals surface area contributed by atoms with E-state index in [-0.39, 0.29) is 68.8 Å². The van der Waals surface area contributed by atoms with Crippen molar-refractivity contribution < 1.29 is 38.7 Å². The van der Waals surface area contributed by atoms with Crippen LogP contribution in [0.25, 0.3) is 0 Å². The van der Waals surface area contributed by atoms with E-state index >= 15 is 0 Å². The molecule has 0 aliphatic rings. The molecule has 0 unspecified atom stereocenters. The second-order valence-corrected chi connectivity index (χ2v) is 13.1. The fourth-order valence-electron chi connectivity index (χ4n) is 4.70. The summed E-state index contributed by atoms with van der Waals surface area (Å²) in [6.45, 7) is 7.42. The highest BCUT2D eigenvalue weighted by Gasteiger charge is 2.34. The molecule has 0 bridgehead atoms. The minimum atomic E-state index is -1.45. The summed E-state index contributed by atoms with van der Waals surface area (Å²) < 4.78 is 0. The van der Waals surface area contributed by atoms with Crippen molar-refractivity contribution in [3.8, 4) is 0 Å². The topological polar surface area (TPSA) is 355 Å². The van der Waals surface area contributed by atoms with Crippen LogP contribution in [0.4, 0.5) is 0 Å². The SMILES string of the molecule is CC[C@H](C)[C@H](NC(=O)[C@H](CCCN=C(N)N)NC(=O)[C@@H](N)CC(=O)O)C(=O)N[C@@H](CC(C)C)C(=O)N[C@@H](CCCN=C(N)N)C(=O)N[C@H](C=O)CS. The predicted molar refractivity (Wildman–Crippen MR) is 199 cm³/mol. The molecule has 0 aromatic heterocycles. The third-order valence-corrected chi connectivity index (χ3v) is 8.10. The number of carboxylic acids is 1. The second-order valence-electron chi connectivity index (χ2n) is 12.7. The normalized spacial score (nSPS) is 14.9. The number of carbonyl (C=O) groups excluding carboxylic acids is 6. The van der Waals surface area contributed by atoms with Crippen molar-refractivity contribution in [2.75, 3.05) is 18.8 Å². The van der Waals surface area contributed by atoms with Gasteiger partial charge in [-0.25, -0.2) is 0 Å². The van der Waals surface area contributed by atoms with Crippen molar-refractivity contribution in [2.24, 2.45) is 50.5 Å². The van der Waals surface area contributed by atoms with Crippen molar-refractivity contribution in [1.82, 2.24) is 26.6 Å². The molecular weight excluding hydrogens is 700 g/mol. The predicted octanol–water partition coefficient (Wildman–Crippen LogP) is -3.46. The molecule has 20 nitrogen and oxygen atoms in total. The molecule has 296 valence electrons. The summed E-state index contributed by atoms with van der Waals surface area (Å²) in [5, 5.41) is 22.0. The first-order valence-corrected chi connectivity index (χ1v) is 17.7. The van der Waals surface area contributed by atoms with E-state index in [2.05, 4.69) is 49.2 Å². The molecule has 0 saturated heterocycles. The average molecular weight is 759 g/mol. The molecule has 21 heteroatoms. The Kier molecular flexibility index (Phi) is 23.0. The zero-order valence-corrected chi connectivity index (χ0v) is 31.2. The Morgan fingerprint density at radius 2 is 1.19 bits per heavy atom. The van der Waals surface area contributed by atoms with E-state index in [9.17, 15) is 33.6 Å². The van der Waals surface area contributed by atoms with Crippen LogP contribution in [0.2, 0.25) is 0 Å². The summed E-state index contributed by atoms with van der Waals surface area (Å²) >= 11 is 4.05. The lowest BCUT2D eigenvalue weighted by Gasteiger charge is -2.29. The first-order valence-electron chi connectivity index (χ1n) is 17.0. The number of amides is 5. The largest absolute Gasteiger partial charge is 0.481 e. The average Bonchev–Trinajstić information content (AvgIpc) is 3.06. The molecule has 0 rings (SSSR count). The Balaban J connectivity index is 6.25. The summed E-state index contributed by atoms with van der Waals surface area (Å²) in [5.41, 5.74) is 27.2. The van der Waals surface area contributed by atoms with E-state index < -0.39 is 84.1 Å². The maximum Gasteiger partial charge on any atom is 0.305 e. The molecule has 0 heterocycles. The van der Waals surface area contributed by atoms with Crippen LogP contribution in [0, 0.1) is 11.8 Å². The lowest BCUT2D eigenvalue weighted by Crippen LogP contribution is -2.60. The van der Waals surface area contributed by atoms with Crippen molar-refractivity contribution >= 4 is 66.3 Å². The summed E-state index contributed by atoms with van der Waals surface area (Å²) in [4.78, 5) is 97.0. The van der Waals surface area contributed by atoms with Gasteiger partial charge in [0.2, 0.25) is 29.5 Å². The zero-order valence-electron chi connectivity index (χ0n) is 30.3. The minimum Gasteiger partial charge on any atom is -0.481 e. The molecule has 7 atom stereocenters. The number of carboxylic acid groups (broad SMARTS) is 1. The van der Waals surface area contributed by atoms with Gasteiger partial charge >= 0.3 is 5.97 Å². The Morgan fingerprint density at radius 1 is 0.731 bits per heavy atom. The van der Waals surface area contributed by atoms with Crippen LogP contribution < -0.4 is 55.3 Å². The number of hydrogen-bond donors (Lipinski definition) is 12. The molecule has 0 fully saturated rings. The summed E-state index contributed by atoms with van der Waals surface area (Å²) in [6, 6.07) is -7.08. The molecule has 52 heavy (non-hydrogen) atoms. The standard InChI is InChI=1S/C31H58N12O8S/c1-5-17(4)24(43-27(49)21(9-7-11-38-31(35)36)40-25(47)19(32)13-23(45)46)29(51)42-22(12-16(2)3)28(50)41-20(8-6-10-37-30(33)34)26(48)39-18(14-44)15-52/h14,16-22,24,52H,5-13,15,32H2,1-4H3,(H,39,48)(H,40,47)(H,41,50)(H,42,51)(H,43,49)(H,45,46)(H4,33,34,37)(H4,35,36,38)/t17-,18+,19-,20-,21-,22-,24-/m0/s1. The van der Waals surface area contributed by atoms with Crippen LogP contribution in [-0.2, 0) is 33.6 Å². The Morgan fingerprint density at radius 3 is 1.62 bits per heavy atom. The van der Waals surface area contributed by atoms with Gasteiger partial charge < -0.3 is 65.2 Å². The van der Waals surface area contributed by atoms with Gasteiger partial charge in [-0.3, -0.25) is 38.8 Å². The van der Waals surface area contributed by atoms with Crippen molar-refractivity contribution in [3.05, 3.63) is 0 Å². The molecule has 0 aromatic carbocycles. The van der Waals surface area contributed by atoms with Crippen molar-refractivity contribution in [3.63, 3.8) is 0 Å². The third-order valence-electron chi connectivity index (χ3n) is 7.71. The number of aldehydes is 1. The van der Waals surface area contributed by atoms with E-state index in [1.54, 1.807) is 13.8 Å². The van der Waals surface area contributed by atoms with E-state index in [0.29, 0.717) is 12.7 Å². The van der Waals surface area contributed by atoms with Gasteiger partial charge in [0.1, 0.15) is 30.5 Å². The summed E-state index contributed by atoms with van der Waals surface area (Å²) in [5.74, 6) is -5.90. The van der Waals surface area contributed by atoms with Gasteiger partial charge in [0.15, 0.2) is 11.9 Å². The molecule has 0 spiro atoms. The lowest BCUT2D eigenvalue weighted by atomic mass is 9.96. The van der Waals surface area contributed by atoms with E-state index in [4.69, 9.17) is 33.8 Å². The smallest absolute Gasteiger partial charge is 0.305 e. The third kappa shape index (κ3) is 19.7. The number of aliphatic carboxylic acids is 1. The van der Waals surface area contributed by atoms with Crippen LogP contribution in [-0.4, -0.2) is 114 Å². The maximum absolute atomic E-state index is 13.8. The molecule has 0 aliphatic carbocycles. The molecule has 16 N–H and O–H groups in total. The van der Waals surface area contributed by atoms with Crippen molar-refractivity contribution in [2.45, 2.75) is 109 Å². The number of carbonyl (C=O) groups is 7. The molecule has 5 amide bonds. The Bertz CT molecular complexity index is 1260. The van der Waals surface area contributed by atoms with E-state index in [1.165, 1.54) is 0 Å². The van der Waals surface area contributed by atoms with Gasteiger partial charge in [-0.2, -0.15) is 12.6 Å². The van der Waals surface area contributed by atoms with E-state index in [0.717, 1.165) is 0 Å².